The number of anilines is 2. The highest BCUT2D eigenvalue weighted by Crippen LogP contribution is 2.17. The lowest BCUT2D eigenvalue weighted by Gasteiger charge is -2.09. The Kier molecular flexibility index (Phi) is 4.24. The van der Waals surface area contributed by atoms with Crippen molar-refractivity contribution in [3.05, 3.63) is 47.7 Å². The van der Waals surface area contributed by atoms with Gasteiger partial charge in [-0.1, -0.05) is 0 Å². The Morgan fingerprint density at radius 1 is 1.30 bits per heavy atom. The fourth-order valence-electron chi connectivity index (χ4n) is 1.73. The maximum atomic E-state index is 14.1. The Bertz CT molecular complexity index is 630. The van der Waals surface area contributed by atoms with Gasteiger partial charge in [-0.05, 0) is 32.0 Å². The van der Waals surface area contributed by atoms with E-state index in [0.29, 0.717) is 12.2 Å². The second kappa shape index (κ2) is 6.10. The van der Waals surface area contributed by atoms with Crippen LogP contribution in [0.4, 0.5) is 15.9 Å². The standard InChI is InChI=1S/C14H15FN4O/c1-3-16-13-12(15)11(5-7-18-13)14(20)19-10-4-6-17-9(2)8-10/h4-8H,3H2,1-2H3,(H,16,18)(H,17,19,20). The van der Waals surface area contributed by atoms with Gasteiger partial charge in [-0.3, -0.25) is 9.78 Å². The van der Waals surface area contributed by atoms with Gasteiger partial charge in [0.1, 0.15) is 0 Å². The summed E-state index contributed by atoms with van der Waals surface area (Å²) in [6.45, 7) is 4.16. The largest absolute Gasteiger partial charge is 0.368 e. The summed E-state index contributed by atoms with van der Waals surface area (Å²) >= 11 is 0. The van der Waals surface area contributed by atoms with Crippen molar-refractivity contribution < 1.29 is 9.18 Å². The Morgan fingerprint density at radius 2 is 2.05 bits per heavy atom. The van der Waals surface area contributed by atoms with Gasteiger partial charge < -0.3 is 10.6 Å². The summed E-state index contributed by atoms with van der Waals surface area (Å²) < 4.78 is 14.1. The molecule has 0 atom stereocenters. The van der Waals surface area contributed by atoms with Crippen LogP contribution in [0.15, 0.2) is 30.6 Å². The molecular weight excluding hydrogens is 259 g/mol. The normalized spacial score (nSPS) is 10.2. The fraction of sp³-hybridized carbons (Fsp3) is 0.214. The molecule has 20 heavy (non-hydrogen) atoms. The van der Waals surface area contributed by atoms with Crippen LogP contribution in [-0.2, 0) is 0 Å². The number of hydrogen-bond acceptors (Lipinski definition) is 4. The molecule has 0 aliphatic carbocycles. The molecule has 0 aliphatic heterocycles. The van der Waals surface area contributed by atoms with Crippen molar-refractivity contribution in [2.24, 2.45) is 0 Å². The fourth-order valence-corrected chi connectivity index (χ4v) is 1.73. The molecule has 0 saturated carbocycles. The summed E-state index contributed by atoms with van der Waals surface area (Å²) in [4.78, 5) is 20.0. The molecule has 2 N–H and O–H groups in total. The number of aromatic nitrogens is 2. The zero-order chi connectivity index (χ0) is 14.5. The van der Waals surface area contributed by atoms with E-state index in [1.165, 1.54) is 12.3 Å². The highest BCUT2D eigenvalue weighted by Gasteiger charge is 2.15. The second-order valence-corrected chi connectivity index (χ2v) is 4.19. The number of nitrogens with one attached hydrogen (secondary N) is 2. The maximum Gasteiger partial charge on any atom is 0.258 e. The number of carbonyl (C=O) groups excluding carboxylic acids is 1. The van der Waals surface area contributed by atoms with E-state index in [4.69, 9.17) is 0 Å². The van der Waals surface area contributed by atoms with Gasteiger partial charge in [0.25, 0.3) is 5.91 Å². The minimum atomic E-state index is -0.655. The molecule has 6 heteroatoms. The van der Waals surface area contributed by atoms with E-state index < -0.39 is 11.7 Å². The van der Waals surface area contributed by atoms with Crippen LogP contribution in [0.25, 0.3) is 0 Å². The Morgan fingerprint density at radius 3 is 2.75 bits per heavy atom. The lowest BCUT2D eigenvalue weighted by Crippen LogP contribution is -2.15. The predicted molar refractivity (Wildman–Crippen MR) is 75.3 cm³/mol. The van der Waals surface area contributed by atoms with Crippen LogP contribution < -0.4 is 10.6 Å². The number of pyridine rings is 2. The first-order valence-corrected chi connectivity index (χ1v) is 6.24. The second-order valence-electron chi connectivity index (χ2n) is 4.19. The van der Waals surface area contributed by atoms with Gasteiger partial charge in [0.05, 0.1) is 5.56 Å². The maximum absolute atomic E-state index is 14.1. The molecule has 0 unspecified atom stereocenters. The Hall–Kier alpha value is -2.50. The van der Waals surface area contributed by atoms with Gasteiger partial charge in [-0.25, -0.2) is 9.37 Å². The van der Waals surface area contributed by atoms with Crippen LogP contribution in [0, 0.1) is 12.7 Å². The van der Waals surface area contributed by atoms with Crippen LogP contribution in [0.2, 0.25) is 0 Å². The number of carbonyl (C=O) groups is 1. The molecule has 0 saturated heterocycles. The molecule has 0 aromatic carbocycles. The van der Waals surface area contributed by atoms with Crippen molar-refractivity contribution in [3.63, 3.8) is 0 Å². The molecule has 0 bridgehead atoms. The molecule has 2 aromatic rings. The molecule has 5 nitrogen and oxygen atoms in total. The van der Waals surface area contributed by atoms with Gasteiger partial charge in [0.2, 0.25) is 0 Å². The van der Waals surface area contributed by atoms with E-state index in [0.717, 1.165) is 5.69 Å². The van der Waals surface area contributed by atoms with Crippen molar-refractivity contribution in [2.45, 2.75) is 13.8 Å². The minimum Gasteiger partial charge on any atom is -0.368 e. The van der Waals surface area contributed by atoms with Crippen LogP contribution >= 0.6 is 0 Å². The van der Waals surface area contributed by atoms with Crippen molar-refractivity contribution in [3.8, 4) is 0 Å². The molecule has 0 spiro atoms. The number of halogens is 1. The van der Waals surface area contributed by atoms with Crippen LogP contribution in [0.1, 0.15) is 23.0 Å². The average molecular weight is 274 g/mol. The van der Waals surface area contributed by atoms with Crippen molar-refractivity contribution in [1.29, 1.82) is 0 Å². The predicted octanol–water partition coefficient (Wildman–Crippen LogP) is 2.61. The third-order valence-electron chi connectivity index (χ3n) is 2.63. The highest BCUT2D eigenvalue weighted by atomic mass is 19.1. The van der Waals surface area contributed by atoms with Gasteiger partial charge in [0, 0.05) is 30.3 Å². The van der Waals surface area contributed by atoms with Crippen LogP contribution in [0.3, 0.4) is 0 Å². The number of hydrogen-bond donors (Lipinski definition) is 2. The van der Waals surface area contributed by atoms with Gasteiger partial charge in [-0.15, -0.1) is 0 Å². The first kappa shape index (κ1) is 13.9. The lowest BCUT2D eigenvalue weighted by molar-refractivity contribution is 0.102. The summed E-state index contributed by atoms with van der Waals surface area (Å²) in [5.41, 5.74) is 1.29. The summed E-state index contributed by atoms with van der Waals surface area (Å²) in [5, 5.41) is 5.40. The molecule has 2 aromatic heterocycles. The van der Waals surface area contributed by atoms with E-state index in [1.54, 1.807) is 18.3 Å². The smallest absolute Gasteiger partial charge is 0.258 e. The number of nitrogens with zero attached hydrogens (tertiary/aromatic N) is 2. The topological polar surface area (TPSA) is 66.9 Å². The summed E-state index contributed by atoms with van der Waals surface area (Å²) in [6, 6.07) is 4.71. The summed E-state index contributed by atoms with van der Waals surface area (Å²) in [7, 11) is 0. The minimum absolute atomic E-state index is 0.0505. The molecule has 0 aliphatic rings. The van der Waals surface area contributed by atoms with E-state index in [9.17, 15) is 9.18 Å². The van der Waals surface area contributed by atoms with Crippen molar-refractivity contribution in [1.82, 2.24) is 9.97 Å². The van der Waals surface area contributed by atoms with Gasteiger partial charge in [-0.2, -0.15) is 0 Å². The molecule has 1 amide bonds. The number of amides is 1. The third kappa shape index (κ3) is 3.09. The molecule has 2 rings (SSSR count). The zero-order valence-corrected chi connectivity index (χ0v) is 11.3. The lowest BCUT2D eigenvalue weighted by atomic mass is 10.2. The first-order valence-electron chi connectivity index (χ1n) is 6.24. The van der Waals surface area contributed by atoms with Gasteiger partial charge >= 0.3 is 0 Å². The molecule has 0 radical (unpaired) electrons. The number of rotatable bonds is 4. The Balaban J connectivity index is 2.23. The molecule has 104 valence electrons. The molecule has 0 fully saturated rings. The van der Waals surface area contributed by atoms with Crippen LogP contribution in [-0.4, -0.2) is 22.4 Å². The quantitative estimate of drug-likeness (QED) is 0.899. The van der Waals surface area contributed by atoms with E-state index in [2.05, 4.69) is 20.6 Å². The van der Waals surface area contributed by atoms with E-state index in [1.807, 2.05) is 13.8 Å². The monoisotopic (exact) mass is 274 g/mol. The van der Waals surface area contributed by atoms with E-state index >= 15 is 0 Å². The summed E-state index contributed by atoms with van der Waals surface area (Å²) in [6.07, 6.45) is 2.98. The third-order valence-corrected chi connectivity index (χ3v) is 2.63. The van der Waals surface area contributed by atoms with Crippen molar-refractivity contribution in [2.75, 3.05) is 17.2 Å². The molecular formula is C14H15FN4O. The Labute approximate surface area is 116 Å². The SMILES string of the molecule is CCNc1nccc(C(=O)Nc2ccnc(C)c2)c1F. The van der Waals surface area contributed by atoms with Gasteiger partial charge in [0.15, 0.2) is 11.6 Å². The van der Waals surface area contributed by atoms with Crippen molar-refractivity contribution >= 4 is 17.4 Å². The van der Waals surface area contributed by atoms with Crippen LogP contribution in [0.5, 0.6) is 0 Å². The van der Waals surface area contributed by atoms with E-state index in [-0.39, 0.29) is 11.4 Å². The number of aryl methyl sites for hydroxylation is 1. The summed E-state index contributed by atoms with van der Waals surface area (Å²) in [5.74, 6) is -1.10. The first-order chi connectivity index (χ1) is 9.61. The zero-order valence-electron chi connectivity index (χ0n) is 11.3. The molecule has 2 heterocycles. The highest BCUT2D eigenvalue weighted by molar-refractivity contribution is 6.04. The average Bonchev–Trinajstić information content (AvgIpc) is 2.41.